The second kappa shape index (κ2) is 5.85. The van der Waals surface area contributed by atoms with Gasteiger partial charge in [-0.3, -0.25) is 4.79 Å². The normalized spacial score (nSPS) is 15.3. The number of hydrogen-bond acceptors (Lipinski definition) is 4. The van der Waals surface area contributed by atoms with Crippen molar-refractivity contribution >= 4 is 17.7 Å². The molecule has 0 radical (unpaired) electrons. The van der Waals surface area contributed by atoms with Crippen LogP contribution < -0.4 is 5.73 Å². The van der Waals surface area contributed by atoms with Crippen molar-refractivity contribution < 1.29 is 14.3 Å². The van der Waals surface area contributed by atoms with E-state index < -0.39 is 0 Å². The van der Waals surface area contributed by atoms with Gasteiger partial charge in [-0.25, -0.2) is 4.79 Å². The van der Waals surface area contributed by atoms with Crippen LogP contribution in [0.3, 0.4) is 0 Å². The molecule has 110 valence electrons. The van der Waals surface area contributed by atoms with Crippen LogP contribution in [0.1, 0.15) is 17.4 Å². The maximum Gasteiger partial charge on any atom is 0.409 e. The summed E-state index contributed by atoms with van der Waals surface area (Å²) >= 11 is 0. The highest BCUT2D eigenvalue weighted by Gasteiger charge is 2.26. The number of aryl methyl sites for hydroxylation is 1. The van der Waals surface area contributed by atoms with E-state index in [4.69, 9.17) is 10.5 Å². The molecule has 0 saturated carbocycles. The second-order valence-electron chi connectivity index (χ2n) is 4.75. The standard InChI is InChI=1S/C13H20N4O3/c1-3-20-13(19)17-6-4-16(5-7-17)12(18)11-8-10(14)9-15(11)2/h8-9H,3-7,14H2,1-2H3. The molecular formula is C13H20N4O3. The zero-order valence-electron chi connectivity index (χ0n) is 11.8. The van der Waals surface area contributed by atoms with Crippen molar-refractivity contribution in [3.63, 3.8) is 0 Å². The molecule has 1 saturated heterocycles. The Labute approximate surface area is 117 Å². The minimum atomic E-state index is -0.317. The number of nitrogens with two attached hydrogens (primary N) is 1. The fourth-order valence-electron chi connectivity index (χ4n) is 2.27. The van der Waals surface area contributed by atoms with Crippen molar-refractivity contribution in [2.75, 3.05) is 38.5 Å². The Hall–Kier alpha value is -2.18. The first kappa shape index (κ1) is 14.2. The predicted octanol–water partition coefficient (Wildman–Crippen LogP) is 0.522. The minimum Gasteiger partial charge on any atom is -0.450 e. The summed E-state index contributed by atoms with van der Waals surface area (Å²) in [7, 11) is 1.79. The first-order valence-electron chi connectivity index (χ1n) is 6.65. The molecule has 1 aromatic heterocycles. The Morgan fingerprint density at radius 3 is 2.35 bits per heavy atom. The van der Waals surface area contributed by atoms with Crippen LogP contribution in [0.15, 0.2) is 12.3 Å². The number of nitrogens with zero attached hydrogens (tertiary/aromatic N) is 3. The predicted molar refractivity (Wildman–Crippen MR) is 74.3 cm³/mol. The Morgan fingerprint density at radius 2 is 1.85 bits per heavy atom. The first-order valence-corrected chi connectivity index (χ1v) is 6.65. The average molecular weight is 280 g/mol. The van der Waals surface area contributed by atoms with Gasteiger partial charge in [-0.2, -0.15) is 0 Å². The van der Waals surface area contributed by atoms with E-state index in [9.17, 15) is 9.59 Å². The molecule has 0 aromatic carbocycles. The van der Waals surface area contributed by atoms with Crippen molar-refractivity contribution in [1.82, 2.24) is 14.4 Å². The number of carbonyl (C=O) groups is 2. The van der Waals surface area contributed by atoms with Crippen molar-refractivity contribution in [1.29, 1.82) is 0 Å². The van der Waals surface area contributed by atoms with E-state index in [1.54, 1.807) is 40.6 Å². The summed E-state index contributed by atoms with van der Waals surface area (Å²) in [6, 6.07) is 1.67. The van der Waals surface area contributed by atoms with Crippen LogP contribution in [0.4, 0.5) is 10.5 Å². The molecule has 0 atom stereocenters. The maximum absolute atomic E-state index is 12.4. The molecule has 0 bridgehead atoms. The Balaban J connectivity index is 1.95. The van der Waals surface area contributed by atoms with Crippen molar-refractivity contribution in [2.24, 2.45) is 7.05 Å². The lowest BCUT2D eigenvalue weighted by Gasteiger charge is -2.34. The van der Waals surface area contributed by atoms with Gasteiger partial charge in [0, 0.05) is 39.4 Å². The summed E-state index contributed by atoms with van der Waals surface area (Å²) in [6.45, 7) is 4.12. The summed E-state index contributed by atoms with van der Waals surface area (Å²) in [5.41, 5.74) is 6.81. The fraction of sp³-hybridized carbons (Fsp3) is 0.538. The van der Waals surface area contributed by atoms with E-state index in [1.165, 1.54) is 0 Å². The molecule has 1 aliphatic rings. The first-order chi connectivity index (χ1) is 9.52. The molecule has 2 rings (SSSR count). The Bertz CT molecular complexity index is 504. The third-order valence-corrected chi connectivity index (χ3v) is 3.34. The molecule has 2 heterocycles. The van der Waals surface area contributed by atoms with Crippen LogP contribution in [0, 0.1) is 0 Å². The van der Waals surface area contributed by atoms with Crippen molar-refractivity contribution in [3.05, 3.63) is 18.0 Å². The number of aromatic nitrogens is 1. The fourth-order valence-corrected chi connectivity index (χ4v) is 2.27. The highest BCUT2D eigenvalue weighted by molar-refractivity contribution is 5.94. The van der Waals surface area contributed by atoms with Gasteiger partial charge in [0.25, 0.3) is 5.91 Å². The van der Waals surface area contributed by atoms with Gasteiger partial charge in [0.1, 0.15) is 5.69 Å². The smallest absolute Gasteiger partial charge is 0.409 e. The SMILES string of the molecule is CCOC(=O)N1CCN(C(=O)c2cc(N)cn2C)CC1. The Morgan fingerprint density at radius 1 is 1.25 bits per heavy atom. The summed E-state index contributed by atoms with van der Waals surface area (Å²) < 4.78 is 6.66. The summed E-state index contributed by atoms with van der Waals surface area (Å²) in [5.74, 6) is -0.0623. The average Bonchev–Trinajstić information content (AvgIpc) is 2.77. The molecule has 1 fully saturated rings. The molecule has 7 nitrogen and oxygen atoms in total. The van der Waals surface area contributed by atoms with E-state index in [0.717, 1.165) is 0 Å². The van der Waals surface area contributed by atoms with E-state index in [2.05, 4.69) is 0 Å². The van der Waals surface area contributed by atoms with Gasteiger partial charge in [-0.05, 0) is 13.0 Å². The molecule has 2 N–H and O–H groups in total. The third kappa shape index (κ3) is 2.87. The van der Waals surface area contributed by atoms with Gasteiger partial charge < -0.3 is 24.8 Å². The molecule has 1 aliphatic heterocycles. The summed E-state index contributed by atoms with van der Waals surface area (Å²) in [6.07, 6.45) is 1.39. The number of anilines is 1. The molecule has 0 unspecified atom stereocenters. The van der Waals surface area contributed by atoms with Gasteiger partial charge in [0.15, 0.2) is 0 Å². The lowest BCUT2D eigenvalue weighted by atomic mass is 10.3. The number of nitrogen functional groups attached to an aromatic ring is 1. The van der Waals surface area contributed by atoms with Gasteiger partial charge >= 0.3 is 6.09 Å². The molecule has 20 heavy (non-hydrogen) atoms. The number of rotatable bonds is 2. The summed E-state index contributed by atoms with van der Waals surface area (Å²) in [5, 5.41) is 0. The number of hydrogen-bond donors (Lipinski definition) is 1. The second-order valence-corrected chi connectivity index (χ2v) is 4.75. The van der Waals surface area contributed by atoms with Crippen LogP contribution in [-0.2, 0) is 11.8 Å². The van der Waals surface area contributed by atoms with E-state index in [1.807, 2.05) is 0 Å². The molecule has 0 spiro atoms. The van der Waals surface area contributed by atoms with Crippen LogP contribution in [0.25, 0.3) is 0 Å². The number of amides is 2. The molecule has 0 aliphatic carbocycles. The zero-order valence-corrected chi connectivity index (χ0v) is 11.8. The molecule has 7 heteroatoms. The van der Waals surface area contributed by atoms with Crippen molar-refractivity contribution in [3.8, 4) is 0 Å². The van der Waals surface area contributed by atoms with Gasteiger partial charge in [-0.15, -0.1) is 0 Å². The minimum absolute atomic E-state index is 0.0623. The highest BCUT2D eigenvalue weighted by atomic mass is 16.6. The topological polar surface area (TPSA) is 80.8 Å². The number of ether oxygens (including phenoxy) is 1. The van der Waals surface area contributed by atoms with Gasteiger partial charge in [0.2, 0.25) is 0 Å². The largest absolute Gasteiger partial charge is 0.450 e. The van der Waals surface area contributed by atoms with Crippen molar-refractivity contribution in [2.45, 2.75) is 6.92 Å². The van der Waals surface area contributed by atoms with Crippen LogP contribution in [0.5, 0.6) is 0 Å². The van der Waals surface area contributed by atoms with Crippen LogP contribution in [-0.4, -0.2) is 59.2 Å². The van der Waals surface area contributed by atoms with E-state index in [0.29, 0.717) is 44.2 Å². The lowest BCUT2D eigenvalue weighted by Crippen LogP contribution is -2.51. The van der Waals surface area contributed by atoms with Gasteiger partial charge in [-0.1, -0.05) is 0 Å². The molecule has 2 amide bonds. The van der Waals surface area contributed by atoms with Gasteiger partial charge in [0.05, 0.1) is 12.3 Å². The van der Waals surface area contributed by atoms with Crippen LogP contribution in [0.2, 0.25) is 0 Å². The highest BCUT2D eigenvalue weighted by Crippen LogP contribution is 2.13. The Kier molecular flexibility index (Phi) is 4.16. The quantitative estimate of drug-likeness (QED) is 0.856. The van der Waals surface area contributed by atoms with E-state index in [-0.39, 0.29) is 12.0 Å². The third-order valence-electron chi connectivity index (χ3n) is 3.34. The number of piperazine rings is 1. The molecular weight excluding hydrogens is 260 g/mol. The lowest BCUT2D eigenvalue weighted by molar-refractivity contribution is 0.0563. The summed E-state index contributed by atoms with van der Waals surface area (Å²) in [4.78, 5) is 27.3. The van der Waals surface area contributed by atoms with E-state index >= 15 is 0 Å². The number of carbonyl (C=O) groups excluding carboxylic acids is 2. The zero-order chi connectivity index (χ0) is 14.7. The maximum atomic E-state index is 12.4. The van der Waals surface area contributed by atoms with Crippen LogP contribution >= 0.6 is 0 Å². The monoisotopic (exact) mass is 280 g/mol. The molecule has 1 aromatic rings.